The fourth-order valence-corrected chi connectivity index (χ4v) is 3.53. The molecular weight excluding hydrogens is 280 g/mol. The summed E-state index contributed by atoms with van der Waals surface area (Å²) in [4.78, 5) is 24.4. The van der Waals surface area contributed by atoms with Gasteiger partial charge in [0.25, 0.3) is 5.91 Å². The van der Waals surface area contributed by atoms with E-state index in [9.17, 15) is 14.7 Å². The Hall–Kier alpha value is -1.78. The van der Waals surface area contributed by atoms with Crippen LogP contribution in [0.5, 0.6) is 0 Å². The van der Waals surface area contributed by atoms with E-state index in [0.29, 0.717) is 18.4 Å². The van der Waals surface area contributed by atoms with E-state index in [-0.39, 0.29) is 5.91 Å². The lowest BCUT2D eigenvalue weighted by Crippen LogP contribution is -2.54. The van der Waals surface area contributed by atoms with Crippen LogP contribution in [0.25, 0.3) is 0 Å². The number of carbonyl (C=O) groups is 2. The molecule has 1 aliphatic carbocycles. The number of carbonyl (C=O) groups excluding carboxylic acids is 1. The molecule has 1 aromatic rings. The molecule has 1 aromatic heterocycles. The molecule has 1 saturated carbocycles. The van der Waals surface area contributed by atoms with Crippen molar-refractivity contribution in [1.82, 2.24) is 9.88 Å². The molecule has 1 amide bonds. The molecular formula is C17H26N2O3. The number of aliphatic carboxylic acids is 1. The molecule has 1 aliphatic rings. The largest absolute Gasteiger partial charge is 0.480 e. The van der Waals surface area contributed by atoms with Gasteiger partial charge in [0.1, 0.15) is 5.54 Å². The van der Waals surface area contributed by atoms with Gasteiger partial charge in [0.15, 0.2) is 0 Å². The van der Waals surface area contributed by atoms with Crippen molar-refractivity contribution < 1.29 is 14.7 Å². The first kappa shape index (κ1) is 16.6. The molecule has 2 rings (SSSR count). The maximum Gasteiger partial charge on any atom is 0.329 e. The van der Waals surface area contributed by atoms with Crippen molar-refractivity contribution in [3.05, 3.63) is 23.0 Å². The molecule has 0 unspecified atom stereocenters. The zero-order valence-electron chi connectivity index (χ0n) is 13.7. The van der Waals surface area contributed by atoms with Crippen LogP contribution in [-0.2, 0) is 11.3 Å². The first-order chi connectivity index (χ1) is 10.4. The number of carboxylic acid groups (broad SMARTS) is 1. The Kier molecular flexibility index (Phi) is 4.94. The van der Waals surface area contributed by atoms with Crippen LogP contribution in [0.4, 0.5) is 0 Å². The van der Waals surface area contributed by atoms with Crippen LogP contribution in [0.1, 0.15) is 67.2 Å². The number of aryl methyl sites for hydroxylation is 1. The number of nitrogens with zero attached hydrogens (tertiary/aromatic N) is 1. The normalized spacial score (nSPS) is 17.8. The van der Waals surface area contributed by atoms with Crippen molar-refractivity contribution in [2.75, 3.05) is 0 Å². The predicted molar refractivity (Wildman–Crippen MR) is 85.1 cm³/mol. The summed E-state index contributed by atoms with van der Waals surface area (Å²) in [5, 5.41) is 12.5. The van der Waals surface area contributed by atoms with E-state index in [1.807, 2.05) is 26.8 Å². The van der Waals surface area contributed by atoms with Gasteiger partial charge in [-0.3, -0.25) is 4.79 Å². The minimum Gasteiger partial charge on any atom is -0.480 e. The predicted octanol–water partition coefficient (Wildman–Crippen LogP) is 3.03. The third kappa shape index (κ3) is 3.03. The quantitative estimate of drug-likeness (QED) is 0.840. The summed E-state index contributed by atoms with van der Waals surface area (Å²) in [6.07, 6.45) is 4.80. The van der Waals surface area contributed by atoms with Gasteiger partial charge < -0.3 is 15.0 Å². The van der Waals surface area contributed by atoms with Crippen molar-refractivity contribution in [3.63, 3.8) is 0 Å². The summed E-state index contributed by atoms with van der Waals surface area (Å²) >= 11 is 0. The Balaban J connectivity index is 2.27. The Morgan fingerprint density at radius 1 is 1.23 bits per heavy atom. The Morgan fingerprint density at radius 3 is 2.27 bits per heavy atom. The molecule has 122 valence electrons. The van der Waals surface area contributed by atoms with Gasteiger partial charge >= 0.3 is 5.97 Å². The Morgan fingerprint density at radius 2 is 1.82 bits per heavy atom. The van der Waals surface area contributed by atoms with E-state index in [0.717, 1.165) is 43.6 Å². The van der Waals surface area contributed by atoms with Crippen LogP contribution < -0.4 is 5.32 Å². The van der Waals surface area contributed by atoms with Gasteiger partial charge in [-0.1, -0.05) is 25.7 Å². The van der Waals surface area contributed by atoms with Crippen LogP contribution >= 0.6 is 0 Å². The maximum atomic E-state index is 12.6. The number of hydrogen-bond donors (Lipinski definition) is 2. The van der Waals surface area contributed by atoms with E-state index in [1.54, 1.807) is 0 Å². The highest BCUT2D eigenvalue weighted by Gasteiger charge is 2.40. The van der Waals surface area contributed by atoms with E-state index in [2.05, 4.69) is 9.88 Å². The molecule has 0 aliphatic heterocycles. The average molecular weight is 306 g/mol. The number of carboxylic acids is 1. The molecule has 5 nitrogen and oxygen atoms in total. The fourth-order valence-electron chi connectivity index (χ4n) is 3.53. The Labute approximate surface area is 131 Å². The van der Waals surface area contributed by atoms with Crippen LogP contribution in [0.15, 0.2) is 6.07 Å². The zero-order valence-corrected chi connectivity index (χ0v) is 13.7. The highest BCUT2D eigenvalue weighted by Crippen LogP contribution is 2.28. The van der Waals surface area contributed by atoms with E-state index in [1.165, 1.54) is 0 Å². The zero-order chi connectivity index (χ0) is 16.3. The van der Waals surface area contributed by atoms with Crippen molar-refractivity contribution in [1.29, 1.82) is 0 Å². The van der Waals surface area contributed by atoms with Gasteiger partial charge in [0.05, 0.1) is 5.56 Å². The van der Waals surface area contributed by atoms with Crippen molar-refractivity contribution >= 4 is 11.9 Å². The molecule has 5 heteroatoms. The second kappa shape index (κ2) is 6.55. The molecule has 0 spiro atoms. The SMILES string of the molecule is CCn1c(C)cc(C(=O)NC2(C(=O)O)CCCCCC2)c1C. The number of aromatic nitrogens is 1. The molecule has 2 N–H and O–H groups in total. The summed E-state index contributed by atoms with van der Waals surface area (Å²) in [5.74, 6) is -1.18. The molecule has 22 heavy (non-hydrogen) atoms. The average Bonchev–Trinajstić information content (AvgIpc) is 2.65. The van der Waals surface area contributed by atoms with Crippen LogP contribution in [0.3, 0.4) is 0 Å². The smallest absolute Gasteiger partial charge is 0.329 e. The minimum atomic E-state index is -1.11. The third-order valence-corrected chi connectivity index (χ3v) is 4.85. The van der Waals surface area contributed by atoms with Crippen molar-refractivity contribution in [2.24, 2.45) is 0 Å². The van der Waals surface area contributed by atoms with E-state index in [4.69, 9.17) is 0 Å². The monoisotopic (exact) mass is 306 g/mol. The summed E-state index contributed by atoms with van der Waals surface area (Å²) in [6.45, 7) is 6.71. The molecule has 0 aromatic carbocycles. The molecule has 0 radical (unpaired) electrons. The summed E-state index contributed by atoms with van der Waals surface area (Å²) in [7, 11) is 0. The Bertz CT molecular complexity index is 567. The van der Waals surface area contributed by atoms with Gasteiger partial charge in [-0.05, 0) is 39.7 Å². The number of nitrogens with one attached hydrogen (secondary N) is 1. The standard InChI is InChI=1S/C17H26N2O3/c1-4-19-12(2)11-14(13(19)3)15(20)18-17(16(21)22)9-7-5-6-8-10-17/h11H,4-10H2,1-3H3,(H,18,20)(H,21,22). The topological polar surface area (TPSA) is 71.3 Å². The van der Waals surface area contributed by atoms with Crippen molar-refractivity contribution in [2.45, 2.75) is 71.4 Å². The maximum absolute atomic E-state index is 12.6. The lowest BCUT2D eigenvalue weighted by molar-refractivity contribution is -0.145. The van der Waals surface area contributed by atoms with Crippen LogP contribution in [0.2, 0.25) is 0 Å². The highest BCUT2D eigenvalue weighted by atomic mass is 16.4. The summed E-state index contributed by atoms with van der Waals surface area (Å²) in [6, 6.07) is 1.85. The van der Waals surface area contributed by atoms with E-state index >= 15 is 0 Å². The summed E-state index contributed by atoms with van der Waals surface area (Å²) in [5.41, 5.74) is 1.40. The first-order valence-corrected chi connectivity index (χ1v) is 8.14. The fraction of sp³-hybridized carbons (Fsp3) is 0.647. The minimum absolute atomic E-state index is 0.267. The van der Waals surface area contributed by atoms with Gasteiger partial charge in [0, 0.05) is 17.9 Å². The molecule has 1 fully saturated rings. The lowest BCUT2D eigenvalue weighted by Gasteiger charge is -2.29. The number of amides is 1. The molecule has 0 atom stereocenters. The van der Waals surface area contributed by atoms with E-state index < -0.39 is 11.5 Å². The van der Waals surface area contributed by atoms with Gasteiger partial charge in [-0.2, -0.15) is 0 Å². The summed E-state index contributed by atoms with van der Waals surface area (Å²) < 4.78 is 2.06. The van der Waals surface area contributed by atoms with Gasteiger partial charge in [-0.25, -0.2) is 4.79 Å². The molecule has 0 bridgehead atoms. The van der Waals surface area contributed by atoms with Crippen molar-refractivity contribution in [3.8, 4) is 0 Å². The second-order valence-corrected chi connectivity index (χ2v) is 6.28. The first-order valence-electron chi connectivity index (χ1n) is 8.14. The van der Waals surface area contributed by atoms with Gasteiger partial charge in [-0.15, -0.1) is 0 Å². The van der Waals surface area contributed by atoms with Crippen LogP contribution in [-0.4, -0.2) is 27.1 Å². The van der Waals surface area contributed by atoms with Crippen LogP contribution in [0, 0.1) is 13.8 Å². The van der Waals surface area contributed by atoms with Gasteiger partial charge in [0.2, 0.25) is 0 Å². The molecule has 0 saturated heterocycles. The number of hydrogen-bond acceptors (Lipinski definition) is 2. The second-order valence-electron chi connectivity index (χ2n) is 6.28. The highest BCUT2D eigenvalue weighted by molar-refractivity contribution is 5.99. The third-order valence-electron chi connectivity index (χ3n) is 4.85. The lowest BCUT2D eigenvalue weighted by atomic mass is 9.90. The molecule has 1 heterocycles. The number of rotatable bonds is 4.